The van der Waals surface area contributed by atoms with Crippen LogP contribution in [0.15, 0.2) is 42.5 Å². The number of carbonyl (C=O) groups is 2. The number of carbonyl (C=O) groups excluding carboxylic acids is 2. The molecule has 0 bridgehead atoms. The minimum Gasteiger partial charge on any atom is -0.351 e. The van der Waals surface area contributed by atoms with E-state index in [0.717, 1.165) is 43.4 Å². The first kappa shape index (κ1) is 18.9. The van der Waals surface area contributed by atoms with Gasteiger partial charge in [0, 0.05) is 23.2 Å². The van der Waals surface area contributed by atoms with Gasteiger partial charge in [-0.05, 0) is 61.1 Å². The van der Waals surface area contributed by atoms with Crippen LogP contribution in [0.3, 0.4) is 0 Å². The van der Waals surface area contributed by atoms with E-state index in [-0.39, 0.29) is 24.3 Å². The molecule has 6 heteroatoms. The number of hydrogen-bond acceptors (Lipinski definition) is 2. The Labute approximate surface area is 168 Å². The van der Waals surface area contributed by atoms with Crippen molar-refractivity contribution in [1.82, 2.24) is 5.32 Å². The van der Waals surface area contributed by atoms with Gasteiger partial charge in [0.25, 0.3) is 0 Å². The summed E-state index contributed by atoms with van der Waals surface area (Å²) in [5, 5.41) is 6.18. The van der Waals surface area contributed by atoms with E-state index in [0.29, 0.717) is 10.6 Å². The third-order valence-corrected chi connectivity index (χ3v) is 6.10. The summed E-state index contributed by atoms with van der Waals surface area (Å²) >= 11 is 6.05. The van der Waals surface area contributed by atoms with Gasteiger partial charge in [0.1, 0.15) is 5.82 Å². The number of rotatable bonds is 6. The van der Waals surface area contributed by atoms with Crippen LogP contribution in [0.25, 0.3) is 0 Å². The van der Waals surface area contributed by atoms with E-state index in [4.69, 9.17) is 11.6 Å². The number of benzene rings is 2. The lowest BCUT2D eigenvalue weighted by atomic mass is 9.63. The van der Waals surface area contributed by atoms with Gasteiger partial charge in [0.05, 0.1) is 5.41 Å². The highest BCUT2D eigenvalue weighted by molar-refractivity contribution is 6.31. The monoisotopic (exact) mass is 400 g/mol. The van der Waals surface area contributed by atoms with Crippen molar-refractivity contribution in [2.24, 2.45) is 5.92 Å². The first-order valence-electron chi connectivity index (χ1n) is 9.61. The highest BCUT2D eigenvalue weighted by atomic mass is 35.5. The summed E-state index contributed by atoms with van der Waals surface area (Å²) in [5.74, 6) is -0.222. The molecule has 0 atom stereocenters. The minimum absolute atomic E-state index is 0.0473. The molecular formula is C22H22ClFN2O2. The number of amides is 2. The first-order chi connectivity index (χ1) is 13.5. The molecule has 146 valence electrons. The maximum absolute atomic E-state index is 13.2. The largest absolute Gasteiger partial charge is 0.351 e. The Morgan fingerprint density at radius 2 is 1.82 bits per heavy atom. The summed E-state index contributed by atoms with van der Waals surface area (Å²) in [6, 6.07) is 11.7. The van der Waals surface area contributed by atoms with E-state index in [2.05, 4.69) is 10.6 Å². The van der Waals surface area contributed by atoms with Gasteiger partial charge < -0.3 is 10.6 Å². The van der Waals surface area contributed by atoms with E-state index >= 15 is 0 Å². The fourth-order valence-corrected chi connectivity index (χ4v) is 3.88. The Morgan fingerprint density at radius 1 is 1.11 bits per heavy atom. The lowest BCUT2D eigenvalue weighted by Gasteiger charge is -2.40. The van der Waals surface area contributed by atoms with Crippen LogP contribution in [-0.2, 0) is 21.5 Å². The fraction of sp³-hybridized carbons (Fsp3) is 0.364. The summed E-state index contributed by atoms with van der Waals surface area (Å²) < 4.78 is 13.2. The molecule has 4 rings (SSSR count). The first-order valence-corrected chi connectivity index (χ1v) is 9.99. The van der Waals surface area contributed by atoms with Crippen molar-refractivity contribution < 1.29 is 14.0 Å². The summed E-state index contributed by atoms with van der Waals surface area (Å²) in [6.07, 6.45) is 4.48. The molecule has 2 aliphatic rings. The van der Waals surface area contributed by atoms with E-state index in [9.17, 15) is 14.0 Å². The molecule has 2 aliphatic carbocycles. The van der Waals surface area contributed by atoms with Crippen LogP contribution in [0.1, 0.15) is 43.2 Å². The van der Waals surface area contributed by atoms with Crippen LogP contribution in [0.4, 0.5) is 10.1 Å². The van der Waals surface area contributed by atoms with E-state index in [1.54, 1.807) is 6.07 Å². The zero-order chi connectivity index (χ0) is 19.7. The fourth-order valence-electron chi connectivity index (χ4n) is 3.65. The maximum atomic E-state index is 13.2. The van der Waals surface area contributed by atoms with Gasteiger partial charge in [0.2, 0.25) is 11.8 Å². The predicted molar refractivity (Wildman–Crippen MR) is 107 cm³/mol. The van der Waals surface area contributed by atoms with Gasteiger partial charge >= 0.3 is 0 Å². The average molecular weight is 401 g/mol. The molecule has 2 aromatic carbocycles. The van der Waals surface area contributed by atoms with Crippen molar-refractivity contribution >= 4 is 29.1 Å². The van der Waals surface area contributed by atoms with E-state index < -0.39 is 11.2 Å². The van der Waals surface area contributed by atoms with Gasteiger partial charge in [0.15, 0.2) is 0 Å². The van der Waals surface area contributed by atoms with Crippen LogP contribution < -0.4 is 10.6 Å². The van der Waals surface area contributed by atoms with Crippen molar-refractivity contribution in [3.05, 3.63) is 64.4 Å². The SMILES string of the molecule is O=C(Nc1ccc(C2(C(=O)NCc3ccc(F)cc3Cl)CCC2)cc1)C1CC1. The molecule has 2 fully saturated rings. The van der Waals surface area contributed by atoms with Gasteiger partial charge in [-0.1, -0.05) is 36.2 Å². The molecule has 28 heavy (non-hydrogen) atoms. The summed E-state index contributed by atoms with van der Waals surface area (Å²) in [6.45, 7) is 0.259. The van der Waals surface area contributed by atoms with Crippen molar-refractivity contribution in [3.63, 3.8) is 0 Å². The number of nitrogens with one attached hydrogen (secondary N) is 2. The van der Waals surface area contributed by atoms with Gasteiger partial charge in [-0.25, -0.2) is 4.39 Å². The Kier molecular flexibility index (Phi) is 5.11. The van der Waals surface area contributed by atoms with Crippen molar-refractivity contribution in [2.75, 3.05) is 5.32 Å². The molecule has 2 amide bonds. The second-order valence-corrected chi connectivity index (χ2v) is 8.10. The molecule has 0 saturated heterocycles. The molecule has 2 aromatic rings. The molecule has 0 aromatic heterocycles. The van der Waals surface area contributed by atoms with Crippen LogP contribution in [0.5, 0.6) is 0 Å². The zero-order valence-electron chi connectivity index (χ0n) is 15.4. The normalized spacial score (nSPS) is 17.5. The Morgan fingerprint density at radius 3 is 2.39 bits per heavy atom. The average Bonchev–Trinajstić information content (AvgIpc) is 3.47. The Hall–Kier alpha value is -2.40. The van der Waals surface area contributed by atoms with Gasteiger partial charge in [-0.15, -0.1) is 0 Å². The number of anilines is 1. The molecule has 0 radical (unpaired) electrons. The molecule has 4 nitrogen and oxygen atoms in total. The third-order valence-electron chi connectivity index (χ3n) is 5.75. The molecule has 2 saturated carbocycles. The highest BCUT2D eigenvalue weighted by Gasteiger charge is 2.45. The Bertz CT molecular complexity index is 905. The van der Waals surface area contributed by atoms with Crippen molar-refractivity contribution in [1.29, 1.82) is 0 Å². The lowest BCUT2D eigenvalue weighted by Crippen LogP contribution is -2.49. The highest BCUT2D eigenvalue weighted by Crippen LogP contribution is 2.44. The van der Waals surface area contributed by atoms with Crippen LogP contribution in [0.2, 0.25) is 5.02 Å². The molecule has 0 aliphatic heterocycles. The topological polar surface area (TPSA) is 58.2 Å². The van der Waals surface area contributed by atoms with Gasteiger partial charge in [-0.3, -0.25) is 9.59 Å². The van der Waals surface area contributed by atoms with Gasteiger partial charge in [-0.2, -0.15) is 0 Å². The van der Waals surface area contributed by atoms with Crippen LogP contribution in [0, 0.1) is 11.7 Å². The number of halogens is 2. The van der Waals surface area contributed by atoms with Crippen molar-refractivity contribution in [2.45, 2.75) is 44.1 Å². The lowest BCUT2D eigenvalue weighted by molar-refractivity contribution is -0.130. The second-order valence-electron chi connectivity index (χ2n) is 7.69. The summed E-state index contributed by atoms with van der Waals surface area (Å²) in [4.78, 5) is 24.9. The predicted octanol–water partition coefficient (Wildman–Crippen LogP) is 4.57. The second kappa shape index (κ2) is 7.55. The van der Waals surface area contributed by atoms with E-state index in [1.807, 2.05) is 24.3 Å². The number of hydrogen-bond donors (Lipinski definition) is 2. The molecule has 0 spiro atoms. The molecule has 2 N–H and O–H groups in total. The van der Waals surface area contributed by atoms with Crippen LogP contribution >= 0.6 is 11.6 Å². The molecular weight excluding hydrogens is 379 g/mol. The minimum atomic E-state index is -0.550. The smallest absolute Gasteiger partial charge is 0.230 e. The molecule has 0 heterocycles. The summed E-state index contributed by atoms with van der Waals surface area (Å²) in [5.41, 5.74) is 1.84. The summed E-state index contributed by atoms with van der Waals surface area (Å²) in [7, 11) is 0. The molecule has 0 unspecified atom stereocenters. The Balaban J connectivity index is 1.43. The third kappa shape index (κ3) is 3.76. The maximum Gasteiger partial charge on any atom is 0.230 e. The quantitative estimate of drug-likeness (QED) is 0.746. The standard InChI is InChI=1S/C22H22ClFN2O2/c23-19-12-17(24)7-4-15(19)13-25-21(28)22(10-1-11-22)16-5-8-18(9-6-16)26-20(27)14-2-3-14/h4-9,12,14H,1-3,10-11,13H2,(H,25,28)(H,26,27). The van der Waals surface area contributed by atoms with E-state index in [1.165, 1.54) is 12.1 Å². The van der Waals surface area contributed by atoms with Crippen LogP contribution in [-0.4, -0.2) is 11.8 Å². The van der Waals surface area contributed by atoms with Crippen molar-refractivity contribution in [3.8, 4) is 0 Å². The zero-order valence-corrected chi connectivity index (χ0v) is 16.2.